The fraction of sp³-hybridized carbons (Fsp3) is 0.0800. The first-order chi connectivity index (χ1) is 19.9. The summed E-state index contributed by atoms with van der Waals surface area (Å²) >= 11 is 1.95. The van der Waals surface area contributed by atoms with Crippen molar-refractivity contribution in [3.63, 3.8) is 0 Å². The Kier molecular flexibility index (Phi) is 9.15. The molecular weight excluding hydrogens is 633 g/mol. The molecule has 0 saturated carbocycles. The largest absolute Gasteiger partial charge is 0.507 e. The third kappa shape index (κ3) is 7.43. The number of phenols is 2. The van der Waals surface area contributed by atoms with Crippen LogP contribution in [0.1, 0.15) is 20.7 Å². The van der Waals surface area contributed by atoms with Gasteiger partial charge in [0.2, 0.25) is 5.78 Å². The van der Waals surface area contributed by atoms with Gasteiger partial charge in [0.15, 0.2) is 13.2 Å². The van der Waals surface area contributed by atoms with Gasteiger partial charge in [0.05, 0.1) is 0 Å². The lowest BCUT2D eigenvalue weighted by atomic mass is 10.2. The van der Waals surface area contributed by atoms with E-state index in [2.05, 4.69) is 9.44 Å². The minimum Gasteiger partial charge on any atom is -0.507 e. The highest BCUT2D eigenvalue weighted by Gasteiger charge is 2.22. The number of Topliss-reactive ketones (excluding diaryl/α,β-unsaturated/α-hetero) is 1. The summed E-state index contributed by atoms with van der Waals surface area (Å²) in [6.45, 7) is -1.74. The van der Waals surface area contributed by atoms with Gasteiger partial charge in [-0.1, -0.05) is 12.1 Å². The Morgan fingerprint density at radius 1 is 0.667 bits per heavy atom. The standard InChI is InChI=1S/C25H20N2O11S4/c28-17(13-37-24(31)18-11-15(5-7-20(18)29)26-41(33,34)22-3-1-9-39-22)14-38-25(32)19-12-16(6-8-21(19)30)27-42(35,36)23-4-2-10-40-23/h1-12,26-27,29-30H,13-14H2. The number of nitrogens with one attached hydrogen (secondary N) is 2. The number of phenolic OH excluding ortho intramolecular Hbond substituents is 2. The molecule has 4 N–H and O–H groups in total. The van der Waals surface area contributed by atoms with Crippen LogP contribution in [0.25, 0.3) is 0 Å². The highest BCUT2D eigenvalue weighted by atomic mass is 32.3. The van der Waals surface area contributed by atoms with Gasteiger partial charge in [-0.15, -0.1) is 22.7 Å². The zero-order valence-electron chi connectivity index (χ0n) is 21.0. The summed E-state index contributed by atoms with van der Waals surface area (Å²) in [7, 11) is -7.87. The molecule has 0 aliphatic rings. The summed E-state index contributed by atoms with van der Waals surface area (Å²) in [5, 5.41) is 23.2. The lowest BCUT2D eigenvalue weighted by Gasteiger charge is -2.11. The molecule has 42 heavy (non-hydrogen) atoms. The van der Waals surface area contributed by atoms with Crippen LogP contribution in [0.2, 0.25) is 0 Å². The number of carbonyl (C=O) groups excluding carboxylic acids is 3. The van der Waals surface area contributed by atoms with Crippen LogP contribution in [0, 0.1) is 0 Å². The average Bonchev–Trinajstić information content (AvgIpc) is 3.68. The second-order valence-corrected chi connectivity index (χ2v) is 13.9. The van der Waals surface area contributed by atoms with Gasteiger partial charge in [0.1, 0.15) is 31.0 Å². The van der Waals surface area contributed by atoms with Crippen molar-refractivity contribution >= 4 is 71.8 Å². The molecule has 220 valence electrons. The number of hydrogen-bond acceptors (Lipinski definition) is 13. The van der Waals surface area contributed by atoms with Crippen LogP contribution >= 0.6 is 22.7 Å². The number of ether oxygens (including phenoxy) is 2. The minimum absolute atomic E-state index is 0.0274. The Hall–Kier alpha value is -4.45. The van der Waals surface area contributed by atoms with Gasteiger partial charge < -0.3 is 19.7 Å². The Morgan fingerprint density at radius 2 is 1.07 bits per heavy atom. The smallest absolute Gasteiger partial charge is 0.342 e. The van der Waals surface area contributed by atoms with Crippen molar-refractivity contribution in [2.45, 2.75) is 8.42 Å². The molecule has 2 aromatic heterocycles. The number of carbonyl (C=O) groups is 3. The van der Waals surface area contributed by atoms with Crippen molar-refractivity contribution in [3.8, 4) is 11.5 Å². The fourth-order valence-corrected chi connectivity index (χ4v) is 7.34. The number of thiophene rings is 2. The first-order valence-electron chi connectivity index (χ1n) is 11.5. The molecule has 0 radical (unpaired) electrons. The normalized spacial score (nSPS) is 11.4. The molecule has 0 amide bonds. The van der Waals surface area contributed by atoms with Crippen LogP contribution in [-0.4, -0.2) is 58.0 Å². The van der Waals surface area contributed by atoms with E-state index in [1.165, 1.54) is 24.3 Å². The first-order valence-corrected chi connectivity index (χ1v) is 16.2. The predicted molar refractivity (Wildman–Crippen MR) is 152 cm³/mol. The second kappa shape index (κ2) is 12.6. The van der Waals surface area contributed by atoms with E-state index in [0.717, 1.165) is 46.9 Å². The molecule has 0 aliphatic heterocycles. The fourth-order valence-electron chi connectivity index (χ4n) is 3.26. The summed E-state index contributed by atoms with van der Waals surface area (Å²) in [6.07, 6.45) is 0. The zero-order chi connectivity index (χ0) is 30.5. The third-order valence-electron chi connectivity index (χ3n) is 5.19. The summed E-state index contributed by atoms with van der Waals surface area (Å²) in [5.41, 5.74) is -0.961. The number of benzene rings is 2. The quantitative estimate of drug-likeness (QED) is 0.129. The monoisotopic (exact) mass is 652 g/mol. The van der Waals surface area contributed by atoms with E-state index >= 15 is 0 Å². The molecule has 0 bridgehead atoms. The number of esters is 2. The van der Waals surface area contributed by atoms with Crippen molar-refractivity contribution in [1.82, 2.24) is 0 Å². The molecule has 0 saturated heterocycles. The van der Waals surface area contributed by atoms with Crippen LogP contribution in [0.4, 0.5) is 11.4 Å². The van der Waals surface area contributed by atoms with Gasteiger partial charge in [-0.3, -0.25) is 14.2 Å². The van der Waals surface area contributed by atoms with Crippen molar-refractivity contribution < 1.29 is 50.9 Å². The molecule has 0 atom stereocenters. The van der Waals surface area contributed by atoms with E-state index in [0.29, 0.717) is 0 Å². The Balaban J connectivity index is 1.33. The van der Waals surface area contributed by atoms with E-state index in [-0.39, 0.29) is 19.8 Å². The van der Waals surface area contributed by atoms with Crippen molar-refractivity contribution in [3.05, 3.63) is 82.6 Å². The van der Waals surface area contributed by atoms with Crippen molar-refractivity contribution in [2.24, 2.45) is 0 Å². The molecule has 2 heterocycles. The number of anilines is 2. The van der Waals surface area contributed by atoms with Crippen LogP contribution in [0.15, 0.2) is 79.8 Å². The Morgan fingerprint density at radius 3 is 1.43 bits per heavy atom. The lowest BCUT2D eigenvalue weighted by Crippen LogP contribution is -2.21. The summed E-state index contributed by atoms with van der Waals surface area (Å²) < 4.78 is 64.0. The topological polar surface area (TPSA) is 202 Å². The number of aromatic hydroxyl groups is 2. The SMILES string of the molecule is O=C(COC(=O)c1cc(NS(=O)(=O)c2cccs2)ccc1O)COC(=O)c1cc(NS(=O)(=O)c2cccs2)ccc1O. The van der Waals surface area contributed by atoms with Gasteiger partial charge in [0, 0.05) is 11.4 Å². The van der Waals surface area contributed by atoms with Crippen molar-refractivity contribution in [1.29, 1.82) is 0 Å². The van der Waals surface area contributed by atoms with Gasteiger partial charge in [-0.25, -0.2) is 26.4 Å². The molecule has 4 aromatic rings. The molecule has 0 fully saturated rings. The molecule has 2 aromatic carbocycles. The highest BCUT2D eigenvalue weighted by Crippen LogP contribution is 2.27. The maximum Gasteiger partial charge on any atom is 0.342 e. The Bertz CT molecular complexity index is 1700. The van der Waals surface area contributed by atoms with E-state index in [9.17, 15) is 41.4 Å². The van der Waals surface area contributed by atoms with Gasteiger partial charge in [0.25, 0.3) is 20.0 Å². The average molecular weight is 653 g/mol. The van der Waals surface area contributed by atoms with Crippen LogP contribution in [-0.2, 0) is 34.3 Å². The van der Waals surface area contributed by atoms with Crippen LogP contribution in [0.3, 0.4) is 0 Å². The summed E-state index contributed by atoms with van der Waals surface area (Å²) in [5.74, 6) is -4.27. The highest BCUT2D eigenvalue weighted by molar-refractivity contribution is 7.95. The molecule has 13 nitrogen and oxygen atoms in total. The zero-order valence-corrected chi connectivity index (χ0v) is 24.3. The van der Waals surface area contributed by atoms with Gasteiger partial charge in [-0.05, 0) is 59.3 Å². The van der Waals surface area contributed by atoms with Gasteiger partial charge >= 0.3 is 11.9 Å². The van der Waals surface area contributed by atoms with E-state index in [4.69, 9.17) is 9.47 Å². The molecule has 0 aliphatic carbocycles. The van der Waals surface area contributed by atoms with Crippen molar-refractivity contribution in [2.75, 3.05) is 22.7 Å². The minimum atomic E-state index is -3.93. The second-order valence-electron chi connectivity index (χ2n) is 8.23. The summed E-state index contributed by atoms with van der Waals surface area (Å²) in [4.78, 5) is 37.1. The maximum absolute atomic E-state index is 12.5. The van der Waals surface area contributed by atoms with E-state index < -0.39 is 73.6 Å². The third-order valence-corrected chi connectivity index (χ3v) is 10.7. The predicted octanol–water partition coefficient (Wildman–Crippen LogP) is 3.41. The Labute approximate surface area is 247 Å². The van der Waals surface area contributed by atoms with Gasteiger partial charge in [-0.2, -0.15) is 0 Å². The number of sulfonamides is 2. The molecule has 4 rings (SSSR count). The van der Waals surface area contributed by atoms with Crippen LogP contribution < -0.4 is 9.44 Å². The maximum atomic E-state index is 12.5. The number of ketones is 1. The number of rotatable bonds is 12. The molecule has 0 spiro atoms. The number of hydrogen-bond donors (Lipinski definition) is 4. The van der Waals surface area contributed by atoms with E-state index in [1.54, 1.807) is 22.9 Å². The molecular formula is C25H20N2O11S4. The molecule has 0 unspecified atom stereocenters. The summed E-state index contributed by atoms with van der Waals surface area (Å²) in [6, 6.07) is 12.5. The molecule has 17 heteroatoms. The van der Waals surface area contributed by atoms with E-state index in [1.807, 2.05) is 0 Å². The first kappa shape index (κ1) is 30.5. The van der Waals surface area contributed by atoms with Crippen LogP contribution in [0.5, 0.6) is 11.5 Å². The lowest BCUT2D eigenvalue weighted by molar-refractivity contribution is -0.125.